The van der Waals surface area contributed by atoms with Crippen LogP contribution in [0.2, 0.25) is 0 Å². The quantitative estimate of drug-likeness (QED) is 0.633. The molecule has 2 amide bonds. The van der Waals surface area contributed by atoms with Gasteiger partial charge < -0.3 is 10.2 Å². The van der Waals surface area contributed by atoms with E-state index >= 15 is 0 Å². The largest absolute Gasteiger partial charge is 0.359 e. The van der Waals surface area contributed by atoms with Crippen molar-refractivity contribution in [2.75, 3.05) is 25.9 Å². The smallest absolute Gasteiger partial charge is 0.232 e. The molecule has 0 radical (unpaired) electrons. The molecule has 5 heteroatoms. The van der Waals surface area contributed by atoms with E-state index in [9.17, 15) is 9.59 Å². The van der Waals surface area contributed by atoms with E-state index in [2.05, 4.69) is 17.9 Å². The van der Waals surface area contributed by atoms with Crippen LogP contribution in [0.5, 0.6) is 0 Å². The van der Waals surface area contributed by atoms with Crippen LogP contribution in [0.15, 0.2) is 0 Å². The highest BCUT2D eigenvalue weighted by molar-refractivity contribution is 7.81. The van der Waals surface area contributed by atoms with Crippen LogP contribution < -0.4 is 5.32 Å². The van der Waals surface area contributed by atoms with Gasteiger partial charge in [-0.3, -0.25) is 9.59 Å². The Kier molecular flexibility index (Phi) is 3.42. The third-order valence-corrected chi connectivity index (χ3v) is 3.01. The van der Waals surface area contributed by atoms with Crippen molar-refractivity contribution in [1.29, 1.82) is 0 Å². The third kappa shape index (κ3) is 2.03. The summed E-state index contributed by atoms with van der Waals surface area (Å²) < 4.78 is 0. The van der Waals surface area contributed by atoms with Crippen molar-refractivity contribution in [3.63, 3.8) is 0 Å². The minimum atomic E-state index is -0.423. The molecule has 0 aromatic rings. The highest BCUT2D eigenvalue weighted by atomic mass is 32.1. The second-order valence-electron chi connectivity index (χ2n) is 3.86. The molecule has 1 saturated heterocycles. The molecule has 1 rings (SSSR count). The molecule has 0 spiro atoms. The summed E-state index contributed by atoms with van der Waals surface area (Å²) >= 11 is 3.93. The van der Waals surface area contributed by atoms with Crippen molar-refractivity contribution in [2.24, 2.45) is 5.41 Å². The Bertz CT molecular complexity index is 257. The Balaban J connectivity index is 2.64. The van der Waals surface area contributed by atoms with E-state index in [1.54, 1.807) is 11.9 Å². The zero-order valence-corrected chi connectivity index (χ0v) is 9.43. The van der Waals surface area contributed by atoms with Crippen LogP contribution in [0.1, 0.15) is 13.3 Å². The average molecular weight is 216 g/mol. The molecule has 0 aliphatic carbocycles. The zero-order chi connectivity index (χ0) is 10.8. The normalized spacial score (nSPS) is 26.4. The summed E-state index contributed by atoms with van der Waals surface area (Å²) in [5, 5.41) is 2.63. The van der Waals surface area contributed by atoms with Gasteiger partial charge in [0.15, 0.2) is 0 Å². The SMILES string of the molecule is CNC(=O)C1(C)CCN(C(=O)CS)C1. The fourth-order valence-electron chi connectivity index (χ4n) is 1.76. The number of nitrogens with zero attached hydrogens (tertiary/aromatic N) is 1. The minimum Gasteiger partial charge on any atom is -0.359 e. The van der Waals surface area contributed by atoms with E-state index < -0.39 is 5.41 Å². The molecule has 1 atom stereocenters. The molecular weight excluding hydrogens is 200 g/mol. The first-order chi connectivity index (χ1) is 6.53. The summed E-state index contributed by atoms with van der Waals surface area (Å²) in [5.41, 5.74) is -0.423. The van der Waals surface area contributed by atoms with Crippen molar-refractivity contribution in [2.45, 2.75) is 13.3 Å². The summed E-state index contributed by atoms with van der Waals surface area (Å²) in [4.78, 5) is 24.6. The van der Waals surface area contributed by atoms with Gasteiger partial charge in [-0.15, -0.1) is 0 Å². The molecule has 0 bridgehead atoms. The van der Waals surface area contributed by atoms with Gasteiger partial charge in [-0.2, -0.15) is 12.6 Å². The van der Waals surface area contributed by atoms with E-state index in [-0.39, 0.29) is 17.6 Å². The number of thiol groups is 1. The van der Waals surface area contributed by atoms with Gasteiger partial charge in [0.1, 0.15) is 0 Å². The number of likely N-dealkylation sites (tertiary alicyclic amines) is 1. The predicted molar refractivity (Wildman–Crippen MR) is 57.2 cm³/mol. The maximum Gasteiger partial charge on any atom is 0.232 e. The van der Waals surface area contributed by atoms with Gasteiger partial charge in [0.2, 0.25) is 11.8 Å². The first-order valence-electron chi connectivity index (χ1n) is 4.64. The Hall–Kier alpha value is -0.710. The van der Waals surface area contributed by atoms with Crippen molar-refractivity contribution in [3.05, 3.63) is 0 Å². The summed E-state index contributed by atoms with van der Waals surface area (Å²) in [6.07, 6.45) is 0.728. The lowest BCUT2D eigenvalue weighted by atomic mass is 9.89. The van der Waals surface area contributed by atoms with Crippen molar-refractivity contribution in [1.82, 2.24) is 10.2 Å². The van der Waals surface area contributed by atoms with E-state index in [1.807, 2.05) is 6.92 Å². The van der Waals surface area contributed by atoms with Crippen LogP contribution in [-0.2, 0) is 9.59 Å². The third-order valence-electron chi connectivity index (χ3n) is 2.74. The van der Waals surface area contributed by atoms with E-state index in [4.69, 9.17) is 0 Å². The molecule has 1 unspecified atom stereocenters. The number of hydrogen-bond acceptors (Lipinski definition) is 3. The van der Waals surface area contributed by atoms with Gasteiger partial charge in [-0.05, 0) is 13.3 Å². The molecule has 1 heterocycles. The second-order valence-corrected chi connectivity index (χ2v) is 4.18. The number of nitrogens with one attached hydrogen (secondary N) is 1. The first kappa shape index (κ1) is 11.4. The van der Waals surface area contributed by atoms with E-state index in [1.165, 1.54) is 0 Å². The van der Waals surface area contributed by atoms with Crippen LogP contribution in [0.25, 0.3) is 0 Å². The first-order valence-corrected chi connectivity index (χ1v) is 5.27. The lowest BCUT2D eigenvalue weighted by Gasteiger charge is -2.22. The zero-order valence-electron chi connectivity index (χ0n) is 8.54. The van der Waals surface area contributed by atoms with Gasteiger partial charge in [-0.25, -0.2) is 0 Å². The Morgan fingerprint density at radius 1 is 1.57 bits per heavy atom. The molecule has 4 nitrogen and oxygen atoms in total. The van der Waals surface area contributed by atoms with Crippen LogP contribution in [-0.4, -0.2) is 42.6 Å². The molecule has 0 aromatic carbocycles. The van der Waals surface area contributed by atoms with E-state index in [0.717, 1.165) is 6.42 Å². The van der Waals surface area contributed by atoms with Gasteiger partial charge in [0, 0.05) is 20.1 Å². The van der Waals surface area contributed by atoms with Crippen LogP contribution in [0.3, 0.4) is 0 Å². The maximum absolute atomic E-state index is 11.5. The fourth-order valence-corrected chi connectivity index (χ4v) is 1.96. The van der Waals surface area contributed by atoms with Gasteiger partial charge in [-0.1, -0.05) is 0 Å². The monoisotopic (exact) mass is 216 g/mol. The van der Waals surface area contributed by atoms with Crippen LogP contribution in [0.4, 0.5) is 0 Å². The number of amides is 2. The number of rotatable bonds is 2. The van der Waals surface area contributed by atoms with Gasteiger partial charge >= 0.3 is 0 Å². The standard InChI is InChI=1S/C9H16N2O2S/c1-9(8(13)10-2)3-4-11(6-9)7(12)5-14/h14H,3-6H2,1-2H3,(H,10,13). The molecule has 80 valence electrons. The van der Waals surface area contributed by atoms with E-state index in [0.29, 0.717) is 13.1 Å². The fraction of sp³-hybridized carbons (Fsp3) is 0.778. The topological polar surface area (TPSA) is 49.4 Å². The Morgan fingerprint density at radius 2 is 2.21 bits per heavy atom. The maximum atomic E-state index is 11.5. The van der Waals surface area contributed by atoms with Gasteiger partial charge in [0.05, 0.1) is 11.2 Å². The molecule has 1 aliphatic rings. The van der Waals surface area contributed by atoms with Crippen LogP contribution >= 0.6 is 12.6 Å². The van der Waals surface area contributed by atoms with Crippen molar-refractivity contribution < 1.29 is 9.59 Å². The second kappa shape index (κ2) is 4.21. The summed E-state index contributed by atoms with van der Waals surface area (Å²) in [7, 11) is 1.62. The molecule has 1 fully saturated rings. The number of carbonyl (C=O) groups excluding carboxylic acids is 2. The van der Waals surface area contributed by atoms with Crippen molar-refractivity contribution in [3.8, 4) is 0 Å². The molecule has 0 aromatic heterocycles. The number of hydrogen-bond donors (Lipinski definition) is 2. The minimum absolute atomic E-state index is 0.000890. The summed E-state index contributed by atoms with van der Waals surface area (Å²) in [6.45, 7) is 3.05. The molecular formula is C9H16N2O2S. The summed E-state index contributed by atoms with van der Waals surface area (Å²) in [5.74, 6) is 0.219. The average Bonchev–Trinajstić information content (AvgIpc) is 2.60. The number of carbonyl (C=O) groups is 2. The molecule has 1 aliphatic heterocycles. The summed E-state index contributed by atoms with van der Waals surface area (Å²) in [6, 6.07) is 0. The highest BCUT2D eigenvalue weighted by Crippen LogP contribution is 2.29. The Morgan fingerprint density at radius 3 is 2.71 bits per heavy atom. The molecule has 14 heavy (non-hydrogen) atoms. The lowest BCUT2D eigenvalue weighted by molar-refractivity contribution is -0.131. The molecule has 1 N–H and O–H groups in total. The van der Waals surface area contributed by atoms with Crippen LogP contribution in [0, 0.1) is 5.41 Å². The lowest BCUT2D eigenvalue weighted by Crippen LogP contribution is -2.40. The molecule has 0 saturated carbocycles. The van der Waals surface area contributed by atoms with Gasteiger partial charge in [0.25, 0.3) is 0 Å². The van der Waals surface area contributed by atoms with Crippen molar-refractivity contribution >= 4 is 24.4 Å². The highest BCUT2D eigenvalue weighted by Gasteiger charge is 2.40. The predicted octanol–water partition coefficient (Wildman–Crippen LogP) is -0.0992. The Labute approximate surface area is 89.4 Å².